The summed E-state index contributed by atoms with van der Waals surface area (Å²) in [7, 11) is 0. The molecule has 0 spiro atoms. The second kappa shape index (κ2) is 12.0. The van der Waals surface area contributed by atoms with Crippen LogP contribution in [0.2, 0.25) is 0 Å². The van der Waals surface area contributed by atoms with Crippen molar-refractivity contribution in [3.63, 3.8) is 0 Å². The molecule has 4 heterocycles. The lowest BCUT2D eigenvalue weighted by Gasteiger charge is -2.28. The van der Waals surface area contributed by atoms with Gasteiger partial charge in [-0.2, -0.15) is 0 Å². The zero-order valence-corrected chi connectivity index (χ0v) is 31.2. The minimum atomic E-state index is 0.0855. The normalized spacial score (nSPS) is 15.5. The largest absolute Gasteiger partial charge is 0.359 e. The first-order chi connectivity index (χ1) is 27.2. The summed E-state index contributed by atoms with van der Waals surface area (Å²) in [4.78, 5) is 5.23. The summed E-state index contributed by atoms with van der Waals surface area (Å²) in [6.45, 7) is 0. The van der Waals surface area contributed by atoms with E-state index in [4.69, 9.17) is 4.99 Å². The third-order valence-electron chi connectivity index (χ3n) is 11.2. The molecular formula is C50H31N3S2. The summed E-state index contributed by atoms with van der Waals surface area (Å²) in [5.41, 5.74) is 10.6. The van der Waals surface area contributed by atoms with Crippen molar-refractivity contribution in [1.29, 1.82) is 0 Å². The minimum Gasteiger partial charge on any atom is -0.359 e. The molecule has 1 aliphatic carbocycles. The van der Waals surface area contributed by atoms with Gasteiger partial charge in [0, 0.05) is 73.5 Å². The van der Waals surface area contributed by atoms with E-state index in [1.54, 1.807) is 0 Å². The van der Waals surface area contributed by atoms with Gasteiger partial charge in [-0.3, -0.25) is 0 Å². The summed E-state index contributed by atoms with van der Waals surface area (Å²) in [5.74, 6) is 0.905. The number of nitrogens with one attached hydrogen (secondary N) is 1. The van der Waals surface area contributed by atoms with E-state index in [0.717, 1.165) is 22.7 Å². The Morgan fingerprint density at radius 2 is 1.25 bits per heavy atom. The Balaban J connectivity index is 0.993. The molecule has 3 nitrogen and oxygen atoms in total. The number of hydrogen-bond acceptors (Lipinski definition) is 4. The summed E-state index contributed by atoms with van der Waals surface area (Å²) in [5, 5.41) is 11.4. The molecule has 0 bridgehead atoms. The van der Waals surface area contributed by atoms with Gasteiger partial charge < -0.3 is 9.88 Å². The highest BCUT2D eigenvalue weighted by molar-refractivity contribution is 7.26. The number of rotatable bonds is 4. The highest BCUT2D eigenvalue weighted by Crippen LogP contribution is 2.44. The molecule has 1 aliphatic heterocycles. The molecule has 0 fully saturated rings. The topological polar surface area (TPSA) is 29.3 Å². The van der Waals surface area contributed by atoms with E-state index in [2.05, 4.69) is 180 Å². The van der Waals surface area contributed by atoms with Crippen LogP contribution in [-0.4, -0.2) is 16.4 Å². The summed E-state index contributed by atoms with van der Waals surface area (Å²) in [6.07, 6.45) is 8.64. The van der Waals surface area contributed by atoms with Crippen molar-refractivity contribution in [2.24, 2.45) is 4.99 Å². The number of aromatic nitrogens is 1. The zero-order valence-electron chi connectivity index (χ0n) is 29.5. The monoisotopic (exact) mass is 737 g/mol. The molecule has 1 N–H and O–H groups in total. The number of benzene rings is 7. The molecule has 7 aromatic carbocycles. The Labute approximate surface area is 325 Å². The zero-order chi connectivity index (χ0) is 36.0. The fourth-order valence-electron chi connectivity index (χ4n) is 8.71. The fourth-order valence-corrected chi connectivity index (χ4v) is 11.0. The maximum Gasteiger partial charge on any atom is 0.134 e. The Hall–Kier alpha value is -6.53. The molecule has 55 heavy (non-hydrogen) atoms. The molecule has 258 valence electrons. The Morgan fingerprint density at radius 3 is 2.11 bits per heavy atom. The van der Waals surface area contributed by atoms with Crippen molar-refractivity contribution in [2.75, 3.05) is 0 Å². The first-order valence-electron chi connectivity index (χ1n) is 18.7. The van der Waals surface area contributed by atoms with E-state index in [1.807, 2.05) is 28.7 Å². The predicted octanol–water partition coefficient (Wildman–Crippen LogP) is 13.4. The standard InChI is InChI=1S/C50H31N3S2/c1-2-11-30(12-3-1)50-51-41-17-7-4-15-38(41)49(52-50)32-21-24-37-39-27-31(22-25-44(39)55-47(37)28-32)34-16-10-20-46-48(34)40-29-33(23-26-45(40)54-46)53-42-18-8-5-13-35(42)36-14-6-9-19-43(36)53/h1-29,41H,(H,51,52). The number of aliphatic imine (C=N–C) groups is 1. The molecule has 1 atom stereocenters. The molecule has 12 rings (SSSR count). The molecule has 2 aliphatic rings. The van der Waals surface area contributed by atoms with E-state index in [-0.39, 0.29) is 6.04 Å². The maximum atomic E-state index is 5.23. The second-order valence-electron chi connectivity index (χ2n) is 14.4. The Kier molecular flexibility index (Phi) is 6.73. The van der Waals surface area contributed by atoms with Crippen molar-refractivity contribution >= 4 is 96.4 Å². The fraction of sp³-hybridized carbons (Fsp3) is 0.0200. The molecule has 3 aromatic heterocycles. The third-order valence-corrected chi connectivity index (χ3v) is 13.5. The van der Waals surface area contributed by atoms with Crippen LogP contribution in [0.4, 0.5) is 0 Å². The lowest BCUT2D eigenvalue weighted by molar-refractivity contribution is 0.830. The predicted molar refractivity (Wildman–Crippen MR) is 237 cm³/mol. The van der Waals surface area contributed by atoms with Gasteiger partial charge in [0.2, 0.25) is 0 Å². The number of fused-ring (bicyclic) bond motifs is 10. The summed E-state index contributed by atoms with van der Waals surface area (Å²) >= 11 is 3.74. The van der Waals surface area contributed by atoms with Crippen LogP contribution in [0.15, 0.2) is 187 Å². The summed E-state index contributed by atoms with van der Waals surface area (Å²) in [6, 6.07) is 55.7. The van der Waals surface area contributed by atoms with Gasteiger partial charge in [-0.25, -0.2) is 4.99 Å². The molecular weight excluding hydrogens is 707 g/mol. The minimum absolute atomic E-state index is 0.0855. The van der Waals surface area contributed by atoms with E-state index < -0.39 is 0 Å². The Morgan fingerprint density at radius 1 is 0.509 bits per heavy atom. The lowest BCUT2D eigenvalue weighted by Crippen LogP contribution is -2.38. The van der Waals surface area contributed by atoms with Crippen molar-refractivity contribution < 1.29 is 0 Å². The van der Waals surface area contributed by atoms with Gasteiger partial charge in [0.1, 0.15) is 5.84 Å². The van der Waals surface area contributed by atoms with Gasteiger partial charge in [-0.1, -0.05) is 121 Å². The number of para-hydroxylation sites is 2. The highest BCUT2D eigenvalue weighted by atomic mass is 32.1. The lowest BCUT2D eigenvalue weighted by atomic mass is 9.93. The number of nitrogens with zero attached hydrogens (tertiary/aromatic N) is 2. The van der Waals surface area contributed by atoms with Gasteiger partial charge in [0.25, 0.3) is 0 Å². The van der Waals surface area contributed by atoms with E-state index in [9.17, 15) is 0 Å². The smallest absolute Gasteiger partial charge is 0.134 e. The highest BCUT2D eigenvalue weighted by Gasteiger charge is 2.25. The van der Waals surface area contributed by atoms with Crippen LogP contribution in [0.1, 0.15) is 11.1 Å². The number of allylic oxidation sites excluding steroid dienone is 2. The van der Waals surface area contributed by atoms with Gasteiger partial charge in [-0.05, 0) is 65.7 Å². The van der Waals surface area contributed by atoms with Crippen LogP contribution < -0.4 is 5.32 Å². The van der Waals surface area contributed by atoms with Crippen molar-refractivity contribution in [3.05, 3.63) is 193 Å². The average molecular weight is 738 g/mol. The van der Waals surface area contributed by atoms with Crippen LogP contribution in [0.25, 0.3) is 84.7 Å². The molecule has 1 unspecified atom stereocenters. The van der Waals surface area contributed by atoms with Gasteiger partial charge >= 0.3 is 0 Å². The molecule has 10 aromatic rings. The average Bonchev–Trinajstić information content (AvgIpc) is 3.92. The van der Waals surface area contributed by atoms with Crippen LogP contribution in [-0.2, 0) is 0 Å². The molecule has 5 heteroatoms. The molecule has 0 radical (unpaired) electrons. The van der Waals surface area contributed by atoms with Crippen molar-refractivity contribution in [2.45, 2.75) is 6.04 Å². The molecule has 0 saturated heterocycles. The first kappa shape index (κ1) is 30.9. The van der Waals surface area contributed by atoms with E-state index >= 15 is 0 Å². The van der Waals surface area contributed by atoms with Crippen molar-refractivity contribution in [1.82, 2.24) is 9.88 Å². The SMILES string of the molecule is C1=CC2=C(c3ccc4c(c3)sc3ccc(-c5cccc6sc7ccc(-n8c9ccccc9c9ccccc98)cc7c56)cc34)N=C(c3ccccc3)NC2C=C1. The van der Waals surface area contributed by atoms with Crippen LogP contribution in [0.5, 0.6) is 0 Å². The second-order valence-corrected chi connectivity index (χ2v) is 16.5. The van der Waals surface area contributed by atoms with Gasteiger partial charge in [0.05, 0.1) is 22.8 Å². The van der Waals surface area contributed by atoms with Gasteiger partial charge in [-0.15, -0.1) is 22.7 Å². The third kappa shape index (κ3) is 4.77. The van der Waals surface area contributed by atoms with E-state index in [1.165, 1.54) is 84.5 Å². The van der Waals surface area contributed by atoms with Crippen LogP contribution >= 0.6 is 22.7 Å². The van der Waals surface area contributed by atoms with Crippen molar-refractivity contribution in [3.8, 4) is 16.8 Å². The van der Waals surface area contributed by atoms with Crippen LogP contribution in [0, 0.1) is 0 Å². The Bertz CT molecular complexity index is 3300. The summed E-state index contributed by atoms with van der Waals surface area (Å²) < 4.78 is 7.60. The van der Waals surface area contributed by atoms with E-state index in [0.29, 0.717) is 0 Å². The quantitative estimate of drug-likeness (QED) is 0.191. The first-order valence-corrected chi connectivity index (χ1v) is 20.3. The number of hydrogen-bond donors (Lipinski definition) is 1. The van der Waals surface area contributed by atoms with Crippen LogP contribution in [0.3, 0.4) is 0 Å². The molecule has 0 saturated carbocycles. The van der Waals surface area contributed by atoms with Gasteiger partial charge in [0.15, 0.2) is 0 Å². The number of amidine groups is 1. The molecule has 0 amide bonds. The number of thiophene rings is 2. The maximum absolute atomic E-state index is 5.23.